The Kier molecular flexibility index (Phi) is 3.29. The summed E-state index contributed by atoms with van der Waals surface area (Å²) in [6.45, 7) is 0. The molecule has 0 unspecified atom stereocenters. The van der Waals surface area contributed by atoms with Gasteiger partial charge in [0.1, 0.15) is 0 Å². The van der Waals surface area contributed by atoms with E-state index < -0.39 is 6.04 Å². The van der Waals surface area contributed by atoms with Gasteiger partial charge in [-0.2, -0.15) is 9.97 Å². The van der Waals surface area contributed by atoms with Gasteiger partial charge in [0, 0.05) is 11.1 Å². The summed E-state index contributed by atoms with van der Waals surface area (Å²) in [5.74, 6) is 0.811. The molecule has 0 radical (unpaired) electrons. The summed E-state index contributed by atoms with van der Waals surface area (Å²) < 4.78 is 39.9. The van der Waals surface area contributed by atoms with Crippen LogP contribution in [0.1, 0.15) is 6.85 Å². The Morgan fingerprint density at radius 1 is 0.586 bits per heavy atom. The Morgan fingerprint density at radius 3 is 1.97 bits per heavy atom. The number of aromatic nitrogens is 3. The van der Waals surface area contributed by atoms with E-state index in [9.17, 15) is 0 Å². The number of fused-ring (bicyclic) bond motifs is 1. The van der Waals surface area contributed by atoms with E-state index in [0.29, 0.717) is 22.8 Å². The van der Waals surface area contributed by atoms with Crippen molar-refractivity contribution in [1.29, 1.82) is 0 Å². The highest BCUT2D eigenvalue weighted by Gasteiger charge is 2.10. The van der Waals surface area contributed by atoms with E-state index in [-0.39, 0.29) is 35.0 Å². The molecule has 0 aliphatic carbocycles. The minimum absolute atomic E-state index is 0.0582. The van der Waals surface area contributed by atoms with Gasteiger partial charge in [-0.1, -0.05) is 90.9 Å². The summed E-state index contributed by atoms with van der Waals surface area (Å²) in [6, 6.07) is 19.1. The Hall–Kier alpha value is -3.56. The second-order valence-corrected chi connectivity index (χ2v) is 6.73. The van der Waals surface area contributed by atoms with E-state index >= 15 is 0 Å². The maximum Gasteiger partial charge on any atom is 0.226 e. The average molecular weight is 399 g/mol. The molecule has 1 aromatic heterocycles. The van der Waals surface area contributed by atoms with Gasteiger partial charge in [-0.05, 0) is 39.6 Å². The zero-order chi connectivity index (χ0) is 24.0. The van der Waals surface area contributed by atoms with Gasteiger partial charge in [0.15, 0.2) is 11.6 Å². The first-order valence-corrected chi connectivity index (χ1v) is 9.30. The Morgan fingerprint density at radius 2 is 1.21 bits per heavy atom. The van der Waals surface area contributed by atoms with Crippen LogP contribution in [0.2, 0.25) is 5.28 Å². The molecule has 0 fully saturated rings. The van der Waals surface area contributed by atoms with E-state index in [0.717, 1.165) is 16.3 Å². The number of hydrogen-bond acceptors (Lipinski definition) is 3. The number of halogens is 1. The first-order valence-electron chi connectivity index (χ1n) is 11.4. The van der Waals surface area contributed by atoms with Gasteiger partial charge in [-0.3, -0.25) is 0 Å². The van der Waals surface area contributed by atoms with Crippen molar-refractivity contribution in [2.45, 2.75) is 0 Å². The third kappa shape index (κ3) is 3.60. The molecular formula is C25H16ClN3. The fourth-order valence-corrected chi connectivity index (χ4v) is 3.28. The lowest BCUT2D eigenvalue weighted by atomic mass is 10.0. The lowest BCUT2D eigenvalue weighted by Crippen LogP contribution is -1.97. The first kappa shape index (κ1) is 12.8. The monoisotopic (exact) mass is 398 g/mol. The summed E-state index contributed by atoms with van der Waals surface area (Å²) in [4.78, 5) is 13.1. The fraction of sp³-hybridized carbons (Fsp3) is 0. The molecule has 0 aliphatic heterocycles. The van der Waals surface area contributed by atoms with Gasteiger partial charge in [-0.15, -0.1) is 0 Å². The Balaban J connectivity index is 1.55. The van der Waals surface area contributed by atoms with Crippen molar-refractivity contribution in [3.8, 4) is 33.9 Å². The zero-order valence-electron chi connectivity index (χ0n) is 20.1. The van der Waals surface area contributed by atoms with E-state index in [2.05, 4.69) is 15.0 Å². The highest BCUT2D eigenvalue weighted by atomic mass is 35.5. The molecule has 5 aromatic rings. The molecule has 29 heavy (non-hydrogen) atoms. The SMILES string of the molecule is [2H]c1c([2H])c([2H])c(-c2ccc(-c3nc(Cl)nc(-c4ccc5ccccc5c4)n3)cc2)c([2H])c1[2H]. The highest BCUT2D eigenvalue weighted by molar-refractivity contribution is 6.28. The Labute approximate surface area is 180 Å². The van der Waals surface area contributed by atoms with Crippen molar-refractivity contribution >= 4 is 22.4 Å². The van der Waals surface area contributed by atoms with Crippen LogP contribution in [-0.2, 0) is 0 Å². The molecule has 4 heteroatoms. The van der Waals surface area contributed by atoms with Gasteiger partial charge in [0.05, 0.1) is 6.85 Å². The topological polar surface area (TPSA) is 38.7 Å². The van der Waals surface area contributed by atoms with Crippen LogP contribution in [0, 0.1) is 0 Å². The number of hydrogen-bond donors (Lipinski definition) is 0. The second kappa shape index (κ2) is 7.46. The highest BCUT2D eigenvalue weighted by Crippen LogP contribution is 2.27. The molecule has 5 rings (SSSR count). The second-order valence-electron chi connectivity index (χ2n) is 6.39. The smallest absolute Gasteiger partial charge is 0.208 e. The van der Waals surface area contributed by atoms with Crippen LogP contribution in [0.15, 0.2) is 96.9 Å². The molecule has 3 nitrogen and oxygen atoms in total. The molecule has 0 saturated heterocycles. The van der Waals surface area contributed by atoms with Crippen LogP contribution in [-0.4, -0.2) is 15.0 Å². The molecule has 0 bridgehead atoms. The molecule has 0 saturated carbocycles. The van der Waals surface area contributed by atoms with Crippen LogP contribution in [0.4, 0.5) is 0 Å². The molecule has 4 aromatic carbocycles. The maximum absolute atomic E-state index is 8.18. The molecule has 0 N–H and O–H groups in total. The van der Waals surface area contributed by atoms with Gasteiger partial charge < -0.3 is 0 Å². The molecular weight excluding hydrogens is 378 g/mol. The van der Waals surface area contributed by atoms with E-state index in [1.807, 2.05) is 42.5 Å². The lowest BCUT2D eigenvalue weighted by Gasteiger charge is -2.07. The number of nitrogens with zero attached hydrogens (tertiary/aromatic N) is 3. The largest absolute Gasteiger partial charge is 0.226 e. The van der Waals surface area contributed by atoms with E-state index in [1.165, 1.54) is 0 Å². The van der Waals surface area contributed by atoms with Crippen molar-refractivity contribution in [1.82, 2.24) is 15.0 Å². The summed E-state index contributed by atoms with van der Waals surface area (Å²) in [6.07, 6.45) is 0. The van der Waals surface area contributed by atoms with Gasteiger partial charge >= 0.3 is 0 Å². The predicted octanol–water partition coefficient (Wildman–Crippen LogP) is 6.68. The third-order valence-corrected chi connectivity index (χ3v) is 4.72. The van der Waals surface area contributed by atoms with Crippen LogP contribution >= 0.6 is 11.6 Å². The number of benzene rings is 4. The van der Waals surface area contributed by atoms with Crippen molar-refractivity contribution < 1.29 is 6.85 Å². The van der Waals surface area contributed by atoms with Crippen molar-refractivity contribution in [3.63, 3.8) is 0 Å². The lowest BCUT2D eigenvalue weighted by molar-refractivity contribution is 1.07. The first-order chi connectivity index (χ1) is 16.3. The Bertz CT molecular complexity index is 1540. The summed E-state index contributed by atoms with van der Waals surface area (Å²) in [5, 5.41) is 2.22. The molecule has 0 aliphatic rings. The summed E-state index contributed by atoms with van der Waals surface area (Å²) >= 11 is 6.22. The van der Waals surface area contributed by atoms with Crippen molar-refractivity contribution in [2.24, 2.45) is 0 Å². The minimum atomic E-state index is -0.420. The molecule has 0 amide bonds. The quantitative estimate of drug-likeness (QED) is 0.340. The van der Waals surface area contributed by atoms with Crippen LogP contribution in [0.5, 0.6) is 0 Å². The van der Waals surface area contributed by atoms with Gasteiger partial charge in [0.25, 0.3) is 0 Å². The molecule has 138 valence electrons. The predicted molar refractivity (Wildman–Crippen MR) is 119 cm³/mol. The molecule has 1 heterocycles. The number of rotatable bonds is 3. The van der Waals surface area contributed by atoms with Crippen molar-refractivity contribution in [3.05, 3.63) is 102 Å². The van der Waals surface area contributed by atoms with E-state index in [4.69, 9.17) is 18.5 Å². The maximum atomic E-state index is 8.18. The summed E-state index contributed by atoms with van der Waals surface area (Å²) in [5.41, 5.74) is 2.10. The molecule has 0 atom stereocenters. The van der Waals surface area contributed by atoms with E-state index in [1.54, 1.807) is 24.3 Å². The van der Waals surface area contributed by atoms with Crippen LogP contribution in [0.3, 0.4) is 0 Å². The fourth-order valence-electron chi connectivity index (χ4n) is 3.12. The van der Waals surface area contributed by atoms with Crippen LogP contribution < -0.4 is 0 Å². The summed E-state index contributed by atoms with van der Waals surface area (Å²) in [7, 11) is 0. The van der Waals surface area contributed by atoms with Gasteiger partial charge in [0.2, 0.25) is 5.28 Å². The third-order valence-electron chi connectivity index (χ3n) is 4.55. The average Bonchev–Trinajstić information content (AvgIpc) is 2.86. The molecule has 0 spiro atoms. The normalized spacial score (nSPS) is 13.3. The standard InChI is InChI=1S/C25H16ClN3/c26-25-28-23(20-13-10-19(11-14-20)17-6-2-1-3-7-17)27-24(29-25)22-15-12-18-8-4-5-9-21(18)16-22/h1-16H/i1D,2D,3D,6D,7D. The van der Waals surface area contributed by atoms with Crippen LogP contribution in [0.25, 0.3) is 44.7 Å². The minimum Gasteiger partial charge on any atom is -0.208 e. The van der Waals surface area contributed by atoms with Gasteiger partial charge in [-0.25, -0.2) is 4.98 Å². The zero-order valence-corrected chi connectivity index (χ0v) is 15.8. The van der Waals surface area contributed by atoms with Crippen molar-refractivity contribution in [2.75, 3.05) is 0 Å².